The van der Waals surface area contributed by atoms with Crippen LogP contribution in [0.4, 0.5) is 11.4 Å². The van der Waals surface area contributed by atoms with Crippen molar-refractivity contribution in [2.24, 2.45) is 23.2 Å². The first-order valence-corrected chi connectivity index (χ1v) is 15.5. The molecule has 1 aliphatic heterocycles. The monoisotopic (exact) mass is 579 g/mol. The first-order chi connectivity index (χ1) is 19.3. The molecule has 212 valence electrons. The molecule has 1 atom stereocenters. The number of hydrogen-bond donors (Lipinski definition) is 1. The number of nitrogens with one attached hydrogen (secondary N) is 1. The number of hydrogen-bond acceptors (Lipinski definition) is 4. The maximum Gasteiger partial charge on any atom is 0.256 e. The maximum absolute atomic E-state index is 13.8. The SMILES string of the molecule is CCCOc1ccc(NC(=O)CC2C(=O)N(c3ccc(Cl)cc3)C(=S)N2CCC23CC4CC(CC(C4)C2)C3)cc1. The Balaban J connectivity index is 1.18. The van der Waals surface area contributed by atoms with Gasteiger partial charge < -0.3 is 15.0 Å². The van der Waals surface area contributed by atoms with Gasteiger partial charge in [0, 0.05) is 17.3 Å². The molecule has 0 aromatic heterocycles. The summed E-state index contributed by atoms with van der Waals surface area (Å²) in [6.45, 7) is 3.41. The summed E-state index contributed by atoms with van der Waals surface area (Å²) in [5.74, 6) is 3.00. The largest absolute Gasteiger partial charge is 0.494 e. The normalized spacial score (nSPS) is 28.9. The Morgan fingerprint density at radius 3 is 2.25 bits per heavy atom. The molecule has 1 heterocycles. The molecule has 0 radical (unpaired) electrons. The van der Waals surface area contributed by atoms with Crippen molar-refractivity contribution in [3.63, 3.8) is 0 Å². The summed E-state index contributed by atoms with van der Waals surface area (Å²) in [6.07, 6.45) is 10.1. The lowest BCUT2D eigenvalue weighted by atomic mass is 9.49. The van der Waals surface area contributed by atoms with E-state index in [2.05, 4.69) is 12.2 Å². The van der Waals surface area contributed by atoms with Gasteiger partial charge in [0.2, 0.25) is 5.91 Å². The first kappa shape index (κ1) is 27.5. The summed E-state index contributed by atoms with van der Waals surface area (Å²) < 4.78 is 5.65. The highest BCUT2D eigenvalue weighted by Crippen LogP contribution is 2.61. The van der Waals surface area contributed by atoms with Crippen molar-refractivity contribution in [2.45, 2.75) is 70.8 Å². The minimum atomic E-state index is -0.635. The molecule has 7 rings (SSSR count). The lowest BCUT2D eigenvalue weighted by Crippen LogP contribution is -2.48. The third kappa shape index (κ3) is 5.60. The van der Waals surface area contributed by atoms with E-state index in [9.17, 15) is 9.59 Å². The zero-order chi connectivity index (χ0) is 27.9. The molecule has 6 nitrogen and oxygen atoms in total. The van der Waals surface area contributed by atoms with Gasteiger partial charge in [-0.3, -0.25) is 14.5 Å². The molecule has 5 fully saturated rings. The van der Waals surface area contributed by atoms with E-state index < -0.39 is 6.04 Å². The highest BCUT2D eigenvalue weighted by atomic mass is 35.5. The standard InChI is InChI=1S/C32H38ClN3O3S/c1-2-13-39-27-9-5-25(6-10-27)34-29(37)17-28-30(38)36(26-7-3-24(33)4-8-26)31(40)35(28)12-11-32-18-21-14-22(19-32)16-23(15-21)20-32/h3-10,21-23,28H,2,11-20H2,1H3,(H,34,37). The molecule has 2 aromatic carbocycles. The molecular weight excluding hydrogens is 542 g/mol. The first-order valence-electron chi connectivity index (χ1n) is 14.8. The molecule has 2 aromatic rings. The second kappa shape index (κ2) is 11.3. The van der Waals surface area contributed by atoms with Gasteiger partial charge in [-0.05, 0) is 135 Å². The number of anilines is 2. The van der Waals surface area contributed by atoms with Crippen molar-refractivity contribution in [2.75, 3.05) is 23.4 Å². The molecule has 0 spiro atoms. The van der Waals surface area contributed by atoms with Crippen molar-refractivity contribution >= 4 is 52.1 Å². The van der Waals surface area contributed by atoms with Crippen molar-refractivity contribution < 1.29 is 14.3 Å². The summed E-state index contributed by atoms with van der Waals surface area (Å²) in [7, 11) is 0. The Morgan fingerprint density at radius 1 is 1.02 bits per heavy atom. The molecule has 4 saturated carbocycles. The molecule has 40 heavy (non-hydrogen) atoms. The van der Waals surface area contributed by atoms with E-state index in [1.807, 2.05) is 41.3 Å². The van der Waals surface area contributed by atoms with Gasteiger partial charge in [0.25, 0.3) is 5.91 Å². The number of thiocarbonyl (C=S) groups is 1. The number of rotatable bonds is 10. The molecule has 8 heteroatoms. The predicted molar refractivity (Wildman–Crippen MR) is 163 cm³/mol. The van der Waals surface area contributed by atoms with Crippen LogP contribution in [-0.2, 0) is 9.59 Å². The van der Waals surface area contributed by atoms with Gasteiger partial charge in [-0.15, -0.1) is 0 Å². The van der Waals surface area contributed by atoms with E-state index in [0.29, 0.717) is 40.1 Å². The topological polar surface area (TPSA) is 61.9 Å². The highest BCUT2D eigenvalue weighted by molar-refractivity contribution is 7.80. The Kier molecular flexibility index (Phi) is 7.79. The fourth-order valence-corrected chi connectivity index (χ4v) is 8.65. The van der Waals surface area contributed by atoms with Gasteiger partial charge in [0.05, 0.1) is 18.7 Å². The second-order valence-electron chi connectivity index (χ2n) is 12.4. The Bertz CT molecular complexity index is 1230. The number of nitrogens with zero attached hydrogens (tertiary/aromatic N) is 2. The van der Waals surface area contributed by atoms with E-state index in [-0.39, 0.29) is 18.2 Å². The van der Waals surface area contributed by atoms with Gasteiger partial charge in [0.1, 0.15) is 11.8 Å². The molecule has 2 amide bonds. The van der Waals surface area contributed by atoms with Crippen LogP contribution in [0.3, 0.4) is 0 Å². The van der Waals surface area contributed by atoms with Gasteiger partial charge in [-0.25, -0.2) is 0 Å². The smallest absolute Gasteiger partial charge is 0.256 e. The van der Waals surface area contributed by atoms with Gasteiger partial charge >= 0.3 is 0 Å². The predicted octanol–water partition coefficient (Wildman–Crippen LogP) is 7.07. The number of carbonyl (C=O) groups excluding carboxylic acids is 2. The summed E-state index contributed by atoms with van der Waals surface area (Å²) in [5.41, 5.74) is 1.72. The van der Waals surface area contributed by atoms with E-state index in [4.69, 9.17) is 28.6 Å². The van der Waals surface area contributed by atoms with Crippen LogP contribution in [0.5, 0.6) is 5.75 Å². The van der Waals surface area contributed by atoms with Crippen LogP contribution in [0.15, 0.2) is 48.5 Å². The highest BCUT2D eigenvalue weighted by Gasteiger charge is 2.52. The van der Waals surface area contributed by atoms with Crippen LogP contribution < -0.4 is 15.0 Å². The maximum atomic E-state index is 13.8. The molecule has 1 N–H and O–H groups in total. The third-order valence-corrected chi connectivity index (χ3v) is 10.1. The lowest BCUT2D eigenvalue weighted by Gasteiger charge is -2.57. The minimum absolute atomic E-state index is 0.0397. The van der Waals surface area contributed by atoms with Crippen LogP contribution in [-0.4, -0.2) is 41.0 Å². The fourth-order valence-electron chi connectivity index (χ4n) is 8.11. The van der Waals surface area contributed by atoms with Crippen molar-refractivity contribution in [1.82, 2.24) is 4.90 Å². The summed E-state index contributed by atoms with van der Waals surface area (Å²) in [6, 6.07) is 13.9. The number of amides is 2. The molecule has 1 saturated heterocycles. The van der Waals surface area contributed by atoms with Gasteiger partial charge in [-0.1, -0.05) is 18.5 Å². The quantitative estimate of drug-likeness (QED) is 0.305. The number of benzene rings is 2. The Hall–Kier alpha value is -2.64. The van der Waals surface area contributed by atoms with Crippen molar-refractivity contribution in [3.05, 3.63) is 53.6 Å². The van der Waals surface area contributed by atoms with E-state index in [1.165, 1.54) is 38.5 Å². The molecule has 1 unspecified atom stereocenters. The van der Waals surface area contributed by atoms with Crippen LogP contribution in [0.1, 0.15) is 64.7 Å². The molecule has 4 bridgehead atoms. The number of carbonyl (C=O) groups is 2. The van der Waals surface area contributed by atoms with E-state index in [0.717, 1.165) is 36.3 Å². The number of halogens is 1. The molecule has 4 aliphatic carbocycles. The third-order valence-electron chi connectivity index (χ3n) is 9.44. The zero-order valence-corrected chi connectivity index (χ0v) is 24.7. The number of ether oxygens (including phenoxy) is 1. The van der Waals surface area contributed by atoms with Gasteiger partial charge in [0.15, 0.2) is 5.11 Å². The van der Waals surface area contributed by atoms with Crippen molar-refractivity contribution in [1.29, 1.82) is 0 Å². The Morgan fingerprint density at radius 2 is 1.65 bits per heavy atom. The van der Waals surface area contributed by atoms with Crippen LogP contribution in [0.2, 0.25) is 5.02 Å². The lowest BCUT2D eigenvalue weighted by molar-refractivity contribution is -0.124. The van der Waals surface area contributed by atoms with E-state index >= 15 is 0 Å². The second-order valence-corrected chi connectivity index (χ2v) is 13.2. The van der Waals surface area contributed by atoms with E-state index in [1.54, 1.807) is 17.0 Å². The van der Waals surface area contributed by atoms with Gasteiger partial charge in [-0.2, -0.15) is 0 Å². The summed E-state index contributed by atoms with van der Waals surface area (Å²) >= 11 is 12.0. The van der Waals surface area contributed by atoms with Crippen LogP contribution in [0.25, 0.3) is 0 Å². The Labute approximate surface area is 247 Å². The molecule has 5 aliphatic rings. The van der Waals surface area contributed by atoms with Crippen LogP contribution >= 0.6 is 23.8 Å². The van der Waals surface area contributed by atoms with Crippen LogP contribution in [0, 0.1) is 23.2 Å². The molecular formula is C32H38ClN3O3S. The zero-order valence-electron chi connectivity index (χ0n) is 23.1. The minimum Gasteiger partial charge on any atom is -0.494 e. The summed E-state index contributed by atoms with van der Waals surface area (Å²) in [4.78, 5) is 30.7. The average Bonchev–Trinajstić information content (AvgIpc) is 3.15. The fraction of sp³-hybridized carbons (Fsp3) is 0.531. The summed E-state index contributed by atoms with van der Waals surface area (Å²) in [5, 5.41) is 4.05. The average molecular weight is 580 g/mol. The van der Waals surface area contributed by atoms with Crippen molar-refractivity contribution in [3.8, 4) is 5.75 Å².